The Kier molecular flexibility index (Phi) is 6.24. The standard InChI is InChI=1S/C25H28ClF3/c1-2-3-15-4-5-17-11-18(7-6-16(17)10-15)19-8-9-21(22(27)12-19)20-13-23(28)25(26)24(29)14-20/h8-9,12-18H,2-7,10-11H2,1H3/t15?,16-,17-,18-/m1/s1. The molecule has 0 aromatic heterocycles. The Labute approximate surface area is 176 Å². The molecule has 2 aromatic rings. The van der Waals surface area contributed by atoms with Crippen LogP contribution in [0.5, 0.6) is 0 Å². The first-order valence-electron chi connectivity index (χ1n) is 10.9. The summed E-state index contributed by atoms with van der Waals surface area (Å²) in [7, 11) is 0. The van der Waals surface area contributed by atoms with Gasteiger partial charge in [0.05, 0.1) is 0 Å². The molecule has 156 valence electrons. The molecule has 0 heterocycles. The van der Waals surface area contributed by atoms with Crippen molar-refractivity contribution in [1.29, 1.82) is 0 Å². The van der Waals surface area contributed by atoms with E-state index < -0.39 is 22.5 Å². The fourth-order valence-corrected chi connectivity index (χ4v) is 5.80. The van der Waals surface area contributed by atoms with Crippen LogP contribution < -0.4 is 0 Å². The molecule has 2 aliphatic carbocycles. The molecule has 2 fully saturated rings. The highest BCUT2D eigenvalue weighted by atomic mass is 35.5. The third kappa shape index (κ3) is 4.35. The fraction of sp³-hybridized carbons (Fsp3) is 0.520. The zero-order valence-electron chi connectivity index (χ0n) is 16.9. The lowest BCUT2D eigenvalue weighted by Crippen LogP contribution is -2.30. The number of fused-ring (bicyclic) bond motifs is 1. The normalized spacial score (nSPS) is 26.9. The van der Waals surface area contributed by atoms with Crippen molar-refractivity contribution >= 4 is 11.6 Å². The molecular formula is C25H28ClF3. The molecule has 0 radical (unpaired) electrons. The minimum Gasteiger partial charge on any atom is -0.206 e. The molecule has 2 aromatic carbocycles. The van der Waals surface area contributed by atoms with E-state index in [0.29, 0.717) is 5.92 Å². The summed E-state index contributed by atoms with van der Waals surface area (Å²) in [6, 6.07) is 7.31. The van der Waals surface area contributed by atoms with E-state index in [-0.39, 0.29) is 11.1 Å². The maximum atomic E-state index is 14.8. The average molecular weight is 421 g/mol. The number of halogens is 4. The summed E-state index contributed by atoms with van der Waals surface area (Å²) < 4.78 is 42.4. The zero-order chi connectivity index (χ0) is 20.5. The molecule has 0 bridgehead atoms. The SMILES string of the molecule is CCCC1CC[C@@H]2C[C@H](c3ccc(-c4cc(F)c(Cl)c(F)c4)c(F)c3)CC[C@@H]2C1. The molecule has 0 aliphatic heterocycles. The van der Waals surface area contributed by atoms with Crippen molar-refractivity contribution in [2.45, 2.75) is 64.2 Å². The molecule has 0 nitrogen and oxygen atoms in total. The number of benzene rings is 2. The summed E-state index contributed by atoms with van der Waals surface area (Å²) in [5.74, 6) is 0.683. The van der Waals surface area contributed by atoms with Gasteiger partial charge in [-0.15, -0.1) is 0 Å². The van der Waals surface area contributed by atoms with E-state index >= 15 is 0 Å². The van der Waals surface area contributed by atoms with Crippen LogP contribution in [0.4, 0.5) is 13.2 Å². The molecule has 0 spiro atoms. The van der Waals surface area contributed by atoms with Crippen LogP contribution in [-0.4, -0.2) is 0 Å². The predicted octanol–water partition coefficient (Wildman–Crippen LogP) is 8.52. The molecule has 4 atom stereocenters. The van der Waals surface area contributed by atoms with Crippen LogP contribution in [-0.2, 0) is 0 Å². The summed E-state index contributed by atoms with van der Waals surface area (Å²) in [6.07, 6.45) is 10.1. The lowest BCUT2D eigenvalue weighted by molar-refractivity contribution is 0.114. The Hall–Kier alpha value is -1.48. The number of hydrogen-bond acceptors (Lipinski definition) is 0. The molecule has 1 unspecified atom stereocenters. The van der Waals surface area contributed by atoms with Gasteiger partial charge < -0.3 is 0 Å². The molecule has 29 heavy (non-hydrogen) atoms. The maximum absolute atomic E-state index is 14.8. The Balaban J connectivity index is 1.49. The van der Waals surface area contributed by atoms with Crippen molar-refractivity contribution in [3.05, 3.63) is 58.4 Å². The number of rotatable bonds is 4. The minimum atomic E-state index is -0.873. The van der Waals surface area contributed by atoms with Gasteiger partial charge in [0.15, 0.2) is 0 Å². The van der Waals surface area contributed by atoms with Gasteiger partial charge in [0, 0.05) is 5.56 Å². The Bertz CT molecular complexity index is 855. The first kappa shape index (κ1) is 20.8. The minimum absolute atomic E-state index is 0.173. The van der Waals surface area contributed by atoms with Crippen molar-refractivity contribution in [3.63, 3.8) is 0 Å². The maximum Gasteiger partial charge on any atom is 0.145 e. The largest absolute Gasteiger partial charge is 0.206 e. The molecular weight excluding hydrogens is 393 g/mol. The Morgan fingerprint density at radius 3 is 2.24 bits per heavy atom. The highest BCUT2D eigenvalue weighted by Crippen LogP contribution is 2.48. The van der Waals surface area contributed by atoms with E-state index in [9.17, 15) is 13.2 Å². The monoisotopic (exact) mass is 420 g/mol. The third-order valence-corrected chi connectivity index (χ3v) is 7.54. The van der Waals surface area contributed by atoms with Crippen molar-refractivity contribution in [2.24, 2.45) is 17.8 Å². The van der Waals surface area contributed by atoms with Gasteiger partial charge in [-0.2, -0.15) is 0 Å². The number of hydrogen-bond donors (Lipinski definition) is 0. The topological polar surface area (TPSA) is 0 Å². The van der Waals surface area contributed by atoms with Crippen LogP contribution in [0.25, 0.3) is 11.1 Å². The highest BCUT2D eigenvalue weighted by Gasteiger charge is 2.35. The van der Waals surface area contributed by atoms with E-state index in [2.05, 4.69) is 6.92 Å². The van der Waals surface area contributed by atoms with Crippen LogP contribution in [0.3, 0.4) is 0 Å². The van der Waals surface area contributed by atoms with Crippen LogP contribution in [0.15, 0.2) is 30.3 Å². The first-order chi connectivity index (χ1) is 14.0. The second-order valence-corrected chi connectivity index (χ2v) is 9.37. The van der Waals surface area contributed by atoms with Crippen molar-refractivity contribution in [1.82, 2.24) is 0 Å². The zero-order valence-corrected chi connectivity index (χ0v) is 17.6. The second kappa shape index (κ2) is 8.71. The smallest absolute Gasteiger partial charge is 0.145 e. The fourth-order valence-electron chi connectivity index (χ4n) is 5.69. The van der Waals surface area contributed by atoms with Gasteiger partial charge in [-0.3, -0.25) is 0 Å². The lowest BCUT2D eigenvalue weighted by Gasteiger charge is -2.42. The van der Waals surface area contributed by atoms with E-state index in [1.807, 2.05) is 6.07 Å². The van der Waals surface area contributed by atoms with Gasteiger partial charge in [-0.1, -0.05) is 49.9 Å². The average Bonchev–Trinajstić information content (AvgIpc) is 2.71. The molecule has 2 saturated carbocycles. The van der Waals surface area contributed by atoms with E-state index in [0.717, 1.165) is 48.3 Å². The first-order valence-corrected chi connectivity index (χ1v) is 11.3. The van der Waals surface area contributed by atoms with E-state index in [1.54, 1.807) is 12.1 Å². The van der Waals surface area contributed by atoms with E-state index in [4.69, 9.17) is 11.6 Å². The predicted molar refractivity (Wildman–Crippen MR) is 113 cm³/mol. The summed E-state index contributed by atoms with van der Waals surface area (Å²) in [4.78, 5) is 0. The lowest BCUT2D eigenvalue weighted by atomic mass is 9.63. The summed E-state index contributed by atoms with van der Waals surface area (Å²) in [6.45, 7) is 2.27. The van der Waals surface area contributed by atoms with Crippen molar-refractivity contribution in [3.8, 4) is 11.1 Å². The highest BCUT2D eigenvalue weighted by molar-refractivity contribution is 6.31. The molecule has 4 rings (SSSR count). The summed E-state index contributed by atoms with van der Waals surface area (Å²) >= 11 is 5.54. The molecule has 2 aliphatic rings. The van der Waals surface area contributed by atoms with Crippen LogP contribution in [0.2, 0.25) is 5.02 Å². The van der Waals surface area contributed by atoms with Gasteiger partial charge in [-0.25, -0.2) is 13.2 Å². The van der Waals surface area contributed by atoms with Crippen molar-refractivity contribution in [2.75, 3.05) is 0 Å². The quantitative estimate of drug-likeness (QED) is 0.434. The molecule has 0 saturated heterocycles. The molecule has 0 N–H and O–H groups in total. The third-order valence-electron chi connectivity index (χ3n) is 7.18. The van der Waals surface area contributed by atoms with Gasteiger partial charge in [-0.05, 0) is 85.1 Å². The van der Waals surface area contributed by atoms with Crippen LogP contribution >= 0.6 is 11.6 Å². The Morgan fingerprint density at radius 1 is 0.862 bits per heavy atom. The second-order valence-electron chi connectivity index (χ2n) is 8.99. The summed E-state index contributed by atoms with van der Waals surface area (Å²) in [5.41, 5.74) is 1.39. The van der Waals surface area contributed by atoms with E-state index in [1.165, 1.54) is 38.5 Å². The summed E-state index contributed by atoms with van der Waals surface area (Å²) in [5, 5.41) is -0.559. The van der Waals surface area contributed by atoms with Crippen molar-refractivity contribution < 1.29 is 13.2 Å². The van der Waals surface area contributed by atoms with Crippen LogP contribution in [0, 0.1) is 35.2 Å². The Morgan fingerprint density at radius 2 is 1.55 bits per heavy atom. The molecule has 0 amide bonds. The van der Waals surface area contributed by atoms with Gasteiger partial charge in [0.2, 0.25) is 0 Å². The van der Waals surface area contributed by atoms with Gasteiger partial charge in [0.25, 0.3) is 0 Å². The van der Waals surface area contributed by atoms with Gasteiger partial charge >= 0.3 is 0 Å². The molecule has 4 heteroatoms. The van der Waals surface area contributed by atoms with Gasteiger partial charge in [0.1, 0.15) is 22.5 Å². The van der Waals surface area contributed by atoms with Crippen LogP contribution in [0.1, 0.15) is 69.8 Å².